The Bertz CT molecular complexity index is 1980. The fourth-order valence-corrected chi connectivity index (χ4v) is 9.21. The molecule has 14 nitrogen and oxygen atoms in total. The molecule has 7 amide bonds. The van der Waals surface area contributed by atoms with Crippen LogP contribution in [0.15, 0.2) is 36.4 Å². The Balaban J connectivity index is 0.000000184. The molecule has 316 valence electrons. The standard InChI is InChI=1S/C25H33N3O5.C20H25N3O3/c1-25(2,3)33-24(32)27-12-10-16(11-13-27)4-5-17-6-7-19-18(14-17)15-28(23(19)31)20-8-9-21(29)26-22(20)30;24-18-6-5-17(19(25)22-18)23-12-15-11-14(3-4-16(15)20(23)26)2-1-13-7-9-21-10-8-13/h6-7,14,16,20H,4-5,8-13,15H2,1-3H3,(H,26,29,30);3-4,11,13,17,21H,1-2,5-10,12H2,(H,22,24,25). The number of nitrogens with one attached hydrogen (secondary N) is 3. The highest BCUT2D eigenvalue weighted by atomic mass is 16.6. The summed E-state index contributed by atoms with van der Waals surface area (Å²) in [7, 11) is 0. The van der Waals surface area contributed by atoms with E-state index < -0.39 is 17.7 Å². The molecule has 3 N–H and O–H groups in total. The van der Waals surface area contributed by atoms with E-state index in [1.54, 1.807) is 14.7 Å². The van der Waals surface area contributed by atoms with Crippen molar-refractivity contribution in [2.24, 2.45) is 11.8 Å². The van der Waals surface area contributed by atoms with Crippen LogP contribution >= 0.6 is 0 Å². The van der Waals surface area contributed by atoms with Gasteiger partial charge in [-0.3, -0.25) is 39.4 Å². The highest BCUT2D eigenvalue weighted by Gasteiger charge is 2.40. The summed E-state index contributed by atoms with van der Waals surface area (Å²) in [5, 5.41) is 8.08. The molecule has 4 fully saturated rings. The summed E-state index contributed by atoms with van der Waals surface area (Å²) in [5.74, 6) is -0.168. The highest BCUT2D eigenvalue weighted by Crippen LogP contribution is 2.31. The van der Waals surface area contributed by atoms with E-state index in [4.69, 9.17) is 4.74 Å². The molecule has 6 heterocycles. The smallest absolute Gasteiger partial charge is 0.410 e. The van der Waals surface area contributed by atoms with Gasteiger partial charge in [-0.1, -0.05) is 24.3 Å². The maximum atomic E-state index is 12.8. The molecule has 0 spiro atoms. The fraction of sp³-hybridized carbons (Fsp3) is 0.578. The van der Waals surface area contributed by atoms with Crippen LogP contribution in [0.25, 0.3) is 0 Å². The lowest BCUT2D eigenvalue weighted by Gasteiger charge is -2.33. The Morgan fingerprint density at radius 1 is 0.661 bits per heavy atom. The first-order valence-corrected chi connectivity index (χ1v) is 21.4. The van der Waals surface area contributed by atoms with E-state index in [2.05, 4.69) is 28.1 Å². The molecular formula is C45H58N6O8. The molecule has 14 heteroatoms. The molecule has 2 aromatic carbocycles. The molecule has 4 saturated heterocycles. The minimum absolute atomic E-state index is 0.0978. The summed E-state index contributed by atoms with van der Waals surface area (Å²) in [6.45, 7) is 10.2. The topological polar surface area (TPSA) is 175 Å². The molecule has 0 aliphatic carbocycles. The van der Waals surface area contributed by atoms with Gasteiger partial charge >= 0.3 is 6.09 Å². The van der Waals surface area contributed by atoms with Crippen molar-refractivity contribution in [2.75, 3.05) is 26.2 Å². The Hall–Kier alpha value is -5.11. The molecule has 8 rings (SSSR count). The molecule has 0 aromatic heterocycles. The molecule has 0 bridgehead atoms. The molecule has 6 aliphatic rings. The number of likely N-dealkylation sites (tertiary alicyclic amines) is 1. The average molecular weight is 811 g/mol. The van der Waals surface area contributed by atoms with Gasteiger partial charge in [-0.15, -0.1) is 0 Å². The number of aryl methyl sites for hydroxylation is 2. The van der Waals surface area contributed by atoms with E-state index in [1.807, 2.05) is 45.0 Å². The van der Waals surface area contributed by atoms with Gasteiger partial charge in [0.25, 0.3) is 11.8 Å². The molecule has 0 radical (unpaired) electrons. The lowest BCUT2D eigenvalue weighted by Crippen LogP contribution is -2.52. The van der Waals surface area contributed by atoms with Gasteiger partial charge in [0.15, 0.2) is 0 Å². The third kappa shape index (κ3) is 10.2. The first-order valence-electron chi connectivity index (χ1n) is 21.4. The molecule has 2 atom stereocenters. The summed E-state index contributed by atoms with van der Waals surface area (Å²) >= 11 is 0. The summed E-state index contributed by atoms with van der Waals surface area (Å²) < 4.78 is 5.47. The van der Waals surface area contributed by atoms with Crippen LogP contribution in [0.1, 0.15) is 128 Å². The number of hydrogen-bond donors (Lipinski definition) is 3. The Morgan fingerprint density at radius 3 is 1.56 bits per heavy atom. The van der Waals surface area contributed by atoms with E-state index in [-0.39, 0.29) is 54.4 Å². The Morgan fingerprint density at radius 2 is 1.12 bits per heavy atom. The van der Waals surface area contributed by atoms with Crippen LogP contribution in [0.4, 0.5) is 4.79 Å². The maximum Gasteiger partial charge on any atom is 0.410 e. The first kappa shape index (κ1) is 42.0. The van der Waals surface area contributed by atoms with Gasteiger partial charge in [-0.05, 0) is 144 Å². The Labute approximate surface area is 346 Å². The van der Waals surface area contributed by atoms with Crippen molar-refractivity contribution in [3.05, 3.63) is 69.8 Å². The maximum absolute atomic E-state index is 12.8. The quantitative estimate of drug-likeness (QED) is 0.327. The van der Waals surface area contributed by atoms with Gasteiger partial charge in [-0.25, -0.2) is 4.79 Å². The van der Waals surface area contributed by atoms with Crippen molar-refractivity contribution >= 4 is 41.5 Å². The van der Waals surface area contributed by atoms with E-state index in [0.717, 1.165) is 75.3 Å². The lowest BCUT2D eigenvalue weighted by molar-refractivity contribution is -0.138. The van der Waals surface area contributed by atoms with Crippen LogP contribution in [-0.2, 0) is 49.8 Å². The molecule has 0 saturated carbocycles. The molecule has 2 unspecified atom stereocenters. The number of hydrogen-bond acceptors (Lipinski definition) is 9. The van der Waals surface area contributed by atoms with Gasteiger partial charge in [-0.2, -0.15) is 0 Å². The minimum Gasteiger partial charge on any atom is -0.444 e. The third-order valence-corrected chi connectivity index (χ3v) is 12.6. The number of carbonyl (C=O) groups excluding carboxylic acids is 7. The second-order valence-electron chi connectivity index (χ2n) is 18.0. The molecule has 2 aromatic rings. The Kier molecular flexibility index (Phi) is 12.8. The summed E-state index contributed by atoms with van der Waals surface area (Å²) in [4.78, 5) is 89.8. The van der Waals surface area contributed by atoms with Crippen molar-refractivity contribution in [1.29, 1.82) is 0 Å². The van der Waals surface area contributed by atoms with Crippen LogP contribution in [0.3, 0.4) is 0 Å². The minimum atomic E-state index is -0.582. The second kappa shape index (κ2) is 18.0. The highest BCUT2D eigenvalue weighted by molar-refractivity contribution is 6.06. The molecule has 6 aliphatic heterocycles. The number of fused-ring (bicyclic) bond motifs is 2. The predicted octanol–water partition coefficient (Wildman–Crippen LogP) is 4.41. The monoisotopic (exact) mass is 810 g/mol. The molecule has 59 heavy (non-hydrogen) atoms. The zero-order chi connectivity index (χ0) is 41.8. The van der Waals surface area contributed by atoms with E-state index in [9.17, 15) is 33.6 Å². The zero-order valence-electron chi connectivity index (χ0n) is 34.6. The summed E-state index contributed by atoms with van der Waals surface area (Å²) in [6, 6.07) is 10.9. The number of carbonyl (C=O) groups is 7. The number of piperidine rings is 4. The van der Waals surface area contributed by atoms with Crippen LogP contribution in [0, 0.1) is 11.8 Å². The number of imide groups is 2. The van der Waals surface area contributed by atoms with Gasteiger partial charge in [0.2, 0.25) is 23.6 Å². The van der Waals surface area contributed by atoms with Crippen LogP contribution in [-0.4, -0.2) is 100 Å². The second-order valence-corrected chi connectivity index (χ2v) is 18.0. The predicted molar refractivity (Wildman–Crippen MR) is 218 cm³/mol. The summed E-state index contributed by atoms with van der Waals surface area (Å²) in [5.41, 5.74) is 5.26. The van der Waals surface area contributed by atoms with Gasteiger partial charge in [0.1, 0.15) is 17.7 Å². The normalized spacial score (nSPS) is 22.7. The van der Waals surface area contributed by atoms with Crippen LogP contribution in [0.5, 0.6) is 0 Å². The SMILES string of the molecule is CC(C)(C)OC(=O)N1CCC(CCc2ccc3c(c2)CN(C2CCC(=O)NC2=O)C3=O)CC1.O=C1CCC(N2Cc3cc(CCC4CCNCC4)ccc3C2=O)C(=O)N1. The van der Waals surface area contributed by atoms with E-state index >= 15 is 0 Å². The number of nitrogens with zero attached hydrogens (tertiary/aromatic N) is 3. The van der Waals surface area contributed by atoms with Crippen molar-refractivity contribution < 1.29 is 38.3 Å². The van der Waals surface area contributed by atoms with Crippen molar-refractivity contribution in [3.63, 3.8) is 0 Å². The van der Waals surface area contributed by atoms with E-state index in [1.165, 1.54) is 30.4 Å². The lowest BCUT2D eigenvalue weighted by atomic mass is 9.90. The van der Waals surface area contributed by atoms with Crippen LogP contribution in [0.2, 0.25) is 0 Å². The summed E-state index contributed by atoms with van der Waals surface area (Å²) in [6.07, 6.45) is 9.68. The van der Waals surface area contributed by atoms with E-state index in [0.29, 0.717) is 43.0 Å². The fourth-order valence-electron chi connectivity index (χ4n) is 9.21. The number of ether oxygens (including phenoxy) is 1. The van der Waals surface area contributed by atoms with Crippen LogP contribution < -0.4 is 16.0 Å². The largest absolute Gasteiger partial charge is 0.444 e. The van der Waals surface area contributed by atoms with Crippen molar-refractivity contribution in [3.8, 4) is 0 Å². The molecular weight excluding hydrogens is 753 g/mol. The number of benzene rings is 2. The van der Waals surface area contributed by atoms with Crippen molar-refractivity contribution in [1.82, 2.24) is 30.7 Å². The third-order valence-electron chi connectivity index (χ3n) is 12.6. The number of amides is 7. The average Bonchev–Trinajstić information content (AvgIpc) is 3.71. The van der Waals surface area contributed by atoms with Gasteiger partial charge in [0.05, 0.1) is 0 Å². The van der Waals surface area contributed by atoms with Crippen molar-refractivity contribution in [2.45, 2.75) is 129 Å². The van der Waals surface area contributed by atoms with Gasteiger partial charge in [0, 0.05) is 50.1 Å². The van der Waals surface area contributed by atoms with Gasteiger partial charge < -0.3 is 24.8 Å². The number of rotatable bonds is 8. The zero-order valence-corrected chi connectivity index (χ0v) is 34.6. The first-order chi connectivity index (χ1) is 28.2.